The molecule has 4 nitrogen and oxygen atoms in total. The third kappa shape index (κ3) is 3.83. The van der Waals surface area contributed by atoms with E-state index in [0.29, 0.717) is 12.1 Å². The molecule has 0 spiro atoms. The van der Waals surface area contributed by atoms with E-state index in [1.807, 2.05) is 38.1 Å². The number of nitrogens with one attached hydrogen (secondary N) is 1. The van der Waals surface area contributed by atoms with Crippen molar-refractivity contribution in [1.82, 2.24) is 5.32 Å². The Labute approximate surface area is 124 Å². The molecule has 0 bridgehead atoms. The van der Waals surface area contributed by atoms with Crippen LogP contribution in [-0.2, 0) is 6.54 Å². The van der Waals surface area contributed by atoms with Gasteiger partial charge in [-0.1, -0.05) is 29.8 Å². The molecule has 0 aliphatic rings. The number of nitrogens with two attached hydrogens (primary N) is 1. The zero-order valence-electron chi connectivity index (χ0n) is 12.3. The van der Waals surface area contributed by atoms with E-state index in [0.717, 1.165) is 16.7 Å². The van der Waals surface area contributed by atoms with Crippen LogP contribution in [0.1, 0.15) is 40.0 Å². The van der Waals surface area contributed by atoms with E-state index in [-0.39, 0.29) is 11.8 Å². The lowest BCUT2D eigenvalue weighted by Crippen LogP contribution is -2.19. The van der Waals surface area contributed by atoms with Crippen LogP contribution in [0.15, 0.2) is 42.5 Å². The summed E-state index contributed by atoms with van der Waals surface area (Å²) < 4.78 is 0. The van der Waals surface area contributed by atoms with Crippen molar-refractivity contribution in [2.24, 2.45) is 5.73 Å². The number of phenolic OH excluding ortho intramolecular Hbond substituents is 1. The smallest absolute Gasteiger partial charge is 0.248 e. The third-order valence-corrected chi connectivity index (χ3v) is 3.47. The molecular weight excluding hydrogens is 264 g/mol. The third-order valence-electron chi connectivity index (χ3n) is 3.47. The molecule has 0 aromatic heterocycles. The van der Waals surface area contributed by atoms with Gasteiger partial charge in [-0.15, -0.1) is 0 Å². The Hall–Kier alpha value is -2.33. The molecule has 110 valence electrons. The Morgan fingerprint density at radius 2 is 2.05 bits per heavy atom. The average molecular weight is 284 g/mol. The van der Waals surface area contributed by atoms with Gasteiger partial charge in [0.25, 0.3) is 0 Å². The summed E-state index contributed by atoms with van der Waals surface area (Å²) in [5.41, 5.74) is 8.72. The van der Waals surface area contributed by atoms with Crippen molar-refractivity contribution in [3.05, 3.63) is 64.7 Å². The molecule has 0 saturated heterocycles. The lowest BCUT2D eigenvalue weighted by molar-refractivity contribution is 0.1000. The first-order valence-corrected chi connectivity index (χ1v) is 6.89. The molecule has 0 saturated carbocycles. The van der Waals surface area contributed by atoms with Gasteiger partial charge in [0.2, 0.25) is 5.91 Å². The number of carbonyl (C=O) groups is 1. The van der Waals surface area contributed by atoms with Gasteiger partial charge in [0.05, 0.1) is 0 Å². The van der Waals surface area contributed by atoms with E-state index in [4.69, 9.17) is 5.73 Å². The summed E-state index contributed by atoms with van der Waals surface area (Å²) in [4.78, 5) is 11.2. The number of rotatable bonds is 5. The summed E-state index contributed by atoms with van der Waals surface area (Å²) in [5, 5.41) is 13.3. The maximum absolute atomic E-state index is 11.2. The fourth-order valence-corrected chi connectivity index (χ4v) is 2.24. The molecule has 0 radical (unpaired) electrons. The first kappa shape index (κ1) is 15.1. The number of aromatic hydroxyl groups is 1. The molecule has 2 rings (SSSR count). The Bertz CT molecular complexity index is 653. The van der Waals surface area contributed by atoms with Gasteiger partial charge in [0.15, 0.2) is 0 Å². The van der Waals surface area contributed by atoms with Gasteiger partial charge in [-0.25, -0.2) is 0 Å². The number of amides is 1. The van der Waals surface area contributed by atoms with Crippen LogP contribution in [0.5, 0.6) is 5.75 Å². The zero-order valence-corrected chi connectivity index (χ0v) is 12.3. The van der Waals surface area contributed by atoms with Crippen LogP contribution in [0.2, 0.25) is 0 Å². The second kappa shape index (κ2) is 6.41. The number of hydrogen-bond acceptors (Lipinski definition) is 3. The van der Waals surface area contributed by atoms with Gasteiger partial charge in [0.1, 0.15) is 5.75 Å². The minimum atomic E-state index is -0.429. The first-order valence-electron chi connectivity index (χ1n) is 6.89. The molecular formula is C17H20N2O2. The predicted molar refractivity (Wildman–Crippen MR) is 83.1 cm³/mol. The number of phenols is 1. The average Bonchev–Trinajstić information content (AvgIpc) is 2.47. The summed E-state index contributed by atoms with van der Waals surface area (Å²) in [7, 11) is 0. The van der Waals surface area contributed by atoms with Gasteiger partial charge >= 0.3 is 0 Å². The first-order chi connectivity index (χ1) is 9.97. The minimum absolute atomic E-state index is 0.00198. The van der Waals surface area contributed by atoms with E-state index < -0.39 is 5.91 Å². The molecule has 1 atom stereocenters. The van der Waals surface area contributed by atoms with Gasteiger partial charge in [-0.2, -0.15) is 0 Å². The second-order valence-corrected chi connectivity index (χ2v) is 5.23. The fraction of sp³-hybridized carbons (Fsp3) is 0.235. The van der Waals surface area contributed by atoms with E-state index in [1.54, 1.807) is 18.2 Å². The lowest BCUT2D eigenvalue weighted by atomic mass is 10.0. The van der Waals surface area contributed by atoms with Crippen molar-refractivity contribution in [2.75, 3.05) is 0 Å². The van der Waals surface area contributed by atoms with Crippen molar-refractivity contribution in [3.8, 4) is 5.75 Å². The highest BCUT2D eigenvalue weighted by atomic mass is 16.3. The highest BCUT2D eigenvalue weighted by molar-refractivity contribution is 5.92. The van der Waals surface area contributed by atoms with Crippen molar-refractivity contribution in [1.29, 1.82) is 0 Å². The number of carbonyl (C=O) groups excluding carboxylic acids is 1. The largest absolute Gasteiger partial charge is 0.508 e. The summed E-state index contributed by atoms with van der Waals surface area (Å²) in [6, 6.07) is 12.8. The molecule has 4 N–H and O–H groups in total. The van der Waals surface area contributed by atoms with Crippen LogP contribution >= 0.6 is 0 Å². The summed E-state index contributed by atoms with van der Waals surface area (Å²) in [5.74, 6) is -0.146. The standard InChI is InChI=1S/C17H20N2O2/c1-11-6-7-16(20)15(8-11)12(2)19-10-13-4-3-5-14(9-13)17(18)21/h3-9,12,19-20H,10H2,1-2H3,(H2,18,21). The number of aryl methyl sites for hydroxylation is 1. The summed E-state index contributed by atoms with van der Waals surface area (Å²) >= 11 is 0. The molecule has 2 aromatic rings. The number of hydrogen-bond donors (Lipinski definition) is 3. The maximum atomic E-state index is 11.2. The second-order valence-electron chi connectivity index (χ2n) is 5.23. The highest BCUT2D eigenvalue weighted by Crippen LogP contribution is 2.25. The summed E-state index contributed by atoms with van der Waals surface area (Å²) in [6.07, 6.45) is 0. The van der Waals surface area contributed by atoms with Crippen molar-refractivity contribution < 1.29 is 9.90 Å². The zero-order chi connectivity index (χ0) is 15.4. The normalized spacial score (nSPS) is 12.1. The molecule has 1 amide bonds. The highest BCUT2D eigenvalue weighted by Gasteiger charge is 2.10. The van der Waals surface area contributed by atoms with E-state index in [1.165, 1.54) is 0 Å². The molecule has 0 aliphatic carbocycles. The molecule has 2 aromatic carbocycles. The lowest BCUT2D eigenvalue weighted by Gasteiger charge is -2.16. The fourth-order valence-electron chi connectivity index (χ4n) is 2.24. The Morgan fingerprint density at radius 1 is 1.29 bits per heavy atom. The molecule has 0 aliphatic heterocycles. The Balaban J connectivity index is 2.07. The van der Waals surface area contributed by atoms with E-state index in [9.17, 15) is 9.90 Å². The maximum Gasteiger partial charge on any atom is 0.248 e. The van der Waals surface area contributed by atoms with Crippen LogP contribution in [0.3, 0.4) is 0 Å². The van der Waals surface area contributed by atoms with E-state index in [2.05, 4.69) is 5.32 Å². The molecule has 21 heavy (non-hydrogen) atoms. The minimum Gasteiger partial charge on any atom is -0.508 e. The van der Waals surface area contributed by atoms with Crippen LogP contribution < -0.4 is 11.1 Å². The van der Waals surface area contributed by atoms with Crippen molar-refractivity contribution in [2.45, 2.75) is 26.4 Å². The van der Waals surface area contributed by atoms with Gasteiger partial charge in [-0.05, 0) is 37.6 Å². The molecule has 4 heteroatoms. The number of benzene rings is 2. The van der Waals surface area contributed by atoms with E-state index >= 15 is 0 Å². The van der Waals surface area contributed by atoms with Gasteiger partial charge in [-0.3, -0.25) is 4.79 Å². The summed E-state index contributed by atoms with van der Waals surface area (Å²) in [6.45, 7) is 4.58. The van der Waals surface area contributed by atoms with Gasteiger partial charge in [0, 0.05) is 23.7 Å². The Kier molecular flexibility index (Phi) is 4.60. The van der Waals surface area contributed by atoms with Crippen molar-refractivity contribution >= 4 is 5.91 Å². The number of primary amides is 1. The molecule has 1 unspecified atom stereocenters. The van der Waals surface area contributed by atoms with Crippen LogP contribution in [0.4, 0.5) is 0 Å². The van der Waals surface area contributed by atoms with Crippen molar-refractivity contribution in [3.63, 3.8) is 0 Å². The predicted octanol–water partition coefficient (Wildman–Crippen LogP) is 2.65. The van der Waals surface area contributed by atoms with Crippen LogP contribution in [0, 0.1) is 6.92 Å². The molecule has 0 fully saturated rings. The SMILES string of the molecule is Cc1ccc(O)c(C(C)NCc2cccc(C(N)=O)c2)c1. The van der Waals surface area contributed by atoms with Crippen LogP contribution in [0.25, 0.3) is 0 Å². The molecule has 0 heterocycles. The Morgan fingerprint density at radius 3 is 2.76 bits per heavy atom. The monoisotopic (exact) mass is 284 g/mol. The quantitative estimate of drug-likeness (QED) is 0.790. The topological polar surface area (TPSA) is 75.3 Å². The van der Waals surface area contributed by atoms with Gasteiger partial charge < -0.3 is 16.2 Å². The van der Waals surface area contributed by atoms with Crippen LogP contribution in [-0.4, -0.2) is 11.0 Å².